The first-order valence-corrected chi connectivity index (χ1v) is 16.0. The molecular formula is C33H43Cl2N3O5. The number of carbonyl (C=O) groups is 3. The lowest BCUT2D eigenvalue weighted by Gasteiger charge is -2.29. The van der Waals surface area contributed by atoms with E-state index in [1.54, 1.807) is 24.3 Å². The minimum Gasteiger partial charge on any atom is -0.441 e. The predicted octanol–water partition coefficient (Wildman–Crippen LogP) is 6.12. The van der Waals surface area contributed by atoms with Crippen molar-refractivity contribution >= 4 is 41.1 Å². The Balaban J connectivity index is 1.47. The fourth-order valence-corrected chi connectivity index (χ4v) is 6.73. The fraction of sp³-hybridized carbons (Fsp3) is 0.545. The molecule has 1 aliphatic heterocycles. The Morgan fingerprint density at radius 1 is 1.02 bits per heavy atom. The summed E-state index contributed by atoms with van der Waals surface area (Å²) < 4.78 is 5.95. The van der Waals surface area contributed by atoms with Gasteiger partial charge in [-0.1, -0.05) is 79.6 Å². The average Bonchev–Trinajstić information content (AvgIpc) is 3.22. The Morgan fingerprint density at radius 3 is 2.35 bits per heavy atom. The molecule has 4 N–H and O–H groups in total. The van der Waals surface area contributed by atoms with Crippen LogP contribution in [0.3, 0.4) is 0 Å². The Hall–Kier alpha value is -2.81. The van der Waals surface area contributed by atoms with Crippen molar-refractivity contribution in [2.45, 2.75) is 95.4 Å². The minimum atomic E-state index is -0.857. The molecule has 2 fully saturated rings. The van der Waals surface area contributed by atoms with Gasteiger partial charge < -0.3 is 25.8 Å². The third kappa shape index (κ3) is 10.1. The highest BCUT2D eigenvalue weighted by Gasteiger charge is 2.39. The van der Waals surface area contributed by atoms with Crippen LogP contribution in [-0.2, 0) is 20.7 Å². The summed E-state index contributed by atoms with van der Waals surface area (Å²) in [6, 6.07) is 13.0. The van der Waals surface area contributed by atoms with Gasteiger partial charge >= 0.3 is 6.09 Å². The molecule has 2 aliphatic rings. The van der Waals surface area contributed by atoms with Crippen LogP contribution in [-0.4, -0.2) is 47.2 Å². The number of rotatable bonds is 12. The molecule has 10 heteroatoms. The van der Waals surface area contributed by atoms with Gasteiger partial charge in [-0.15, -0.1) is 0 Å². The van der Waals surface area contributed by atoms with Crippen LogP contribution in [0, 0.1) is 11.8 Å². The number of hydrogen-bond acceptors (Lipinski definition) is 5. The van der Waals surface area contributed by atoms with Gasteiger partial charge in [0.15, 0.2) is 0 Å². The molecule has 43 heavy (non-hydrogen) atoms. The van der Waals surface area contributed by atoms with E-state index in [0.29, 0.717) is 41.3 Å². The topological polar surface area (TPSA) is 117 Å². The third-order valence-electron chi connectivity index (χ3n) is 8.41. The average molecular weight is 633 g/mol. The van der Waals surface area contributed by atoms with Gasteiger partial charge in [-0.05, 0) is 74.4 Å². The fourth-order valence-electron chi connectivity index (χ4n) is 6.32. The van der Waals surface area contributed by atoms with E-state index < -0.39 is 30.2 Å². The van der Waals surface area contributed by atoms with E-state index >= 15 is 0 Å². The molecule has 0 aromatic heterocycles. The van der Waals surface area contributed by atoms with Gasteiger partial charge in [0.25, 0.3) is 0 Å². The molecule has 3 amide bonds. The maximum Gasteiger partial charge on any atom is 0.408 e. The summed E-state index contributed by atoms with van der Waals surface area (Å²) in [5.41, 5.74) is 1.27. The standard InChI is InChI=1S/C33H43Cl2N3O5/c1-33(2)19-24(30(40)38-33)18-27(20-39)36-31(41)28(15-21-8-4-3-5-9-21)37-32(42)43-29(23-11-7-13-26(35)17-23)16-22-10-6-12-25(34)14-22/h6-7,10-14,17,21,24,27-29,39H,3-5,8-9,15-16,18-20H2,1-2H3,(H,36,41)(H,37,42)(H,38,40)/t24?,27?,28-,29?/m0/s1. The van der Waals surface area contributed by atoms with Gasteiger partial charge in [0.05, 0.1) is 12.6 Å². The van der Waals surface area contributed by atoms with E-state index in [4.69, 9.17) is 27.9 Å². The molecule has 4 rings (SSSR count). The normalized spacial score (nSPS) is 20.5. The second-order valence-corrected chi connectivity index (χ2v) is 13.5. The molecule has 0 spiro atoms. The second kappa shape index (κ2) is 15.3. The first-order chi connectivity index (χ1) is 20.5. The van der Waals surface area contributed by atoms with E-state index in [-0.39, 0.29) is 29.9 Å². The summed E-state index contributed by atoms with van der Waals surface area (Å²) in [6.07, 6.45) is 5.68. The highest BCUT2D eigenvalue weighted by atomic mass is 35.5. The van der Waals surface area contributed by atoms with Crippen LogP contribution in [0.25, 0.3) is 0 Å². The molecule has 0 radical (unpaired) electrons. The Morgan fingerprint density at radius 2 is 1.72 bits per heavy atom. The largest absolute Gasteiger partial charge is 0.441 e. The number of halogens is 2. The van der Waals surface area contributed by atoms with Gasteiger partial charge in [-0.2, -0.15) is 0 Å². The number of amides is 3. The second-order valence-electron chi connectivity index (χ2n) is 12.6. The van der Waals surface area contributed by atoms with Crippen molar-refractivity contribution < 1.29 is 24.2 Å². The summed E-state index contributed by atoms with van der Waals surface area (Å²) in [4.78, 5) is 39.5. The Labute approximate surface area is 264 Å². The maximum absolute atomic E-state index is 13.6. The minimum absolute atomic E-state index is 0.0788. The Kier molecular flexibility index (Phi) is 11.7. The molecule has 0 bridgehead atoms. The molecule has 4 atom stereocenters. The molecule has 8 nitrogen and oxygen atoms in total. The number of hydrogen-bond donors (Lipinski definition) is 4. The van der Waals surface area contributed by atoms with Crippen LogP contribution < -0.4 is 16.0 Å². The number of aliphatic hydroxyl groups excluding tert-OH is 1. The smallest absolute Gasteiger partial charge is 0.408 e. The molecule has 2 aromatic carbocycles. The van der Waals surface area contributed by atoms with Gasteiger partial charge in [-0.3, -0.25) is 9.59 Å². The van der Waals surface area contributed by atoms with Gasteiger partial charge in [0.1, 0.15) is 12.1 Å². The third-order valence-corrected chi connectivity index (χ3v) is 8.88. The van der Waals surface area contributed by atoms with Crippen molar-refractivity contribution in [3.05, 3.63) is 69.7 Å². The van der Waals surface area contributed by atoms with Crippen LogP contribution >= 0.6 is 23.2 Å². The summed E-state index contributed by atoms with van der Waals surface area (Å²) in [6.45, 7) is 3.60. The molecule has 3 unspecified atom stereocenters. The van der Waals surface area contributed by atoms with Crippen molar-refractivity contribution in [1.82, 2.24) is 16.0 Å². The van der Waals surface area contributed by atoms with Crippen LogP contribution in [0.2, 0.25) is 10.0 Å². The summed E-state index contributed by atoms with van der Waals surface area (Å²) in [5.74, 6) is -0.501. The summed E-state index contributed by atoms with van der Waals surface area (Å²) >= 11 is 12.5. The number of ether oxygens (including phenoxy) is 1. The lowest BCUT2D eigenvalue weighted by atomic mass is 9.84. The SMILES string of the molecule is CC1(C)CC(CC(CO)NC(=O)[C@H](CC2CCCCC2)NC(=O)OC(Cc2cccc(Cl)c2)c2cccc(Cl)c2)C(=O)N1. The van der Waals surface area contributed by atoms with Crippen LogP contribution in [0.15, 0.2) is 48.5 Å². The van der Waals surface area contributed by atoms with Crippen molar-refractivity contribution in [3.8, 4) is 0 Å². The van der Waals surface area contributed by atoms with Crippen molar-refractivity contribution in [1.29, 1.82) is 0 Å². The number of nitrogens with one attached hydrogen (secondary N) is 3. The highest BCUT2D eigenvalue weighted by Crippen LogP contribution is 2.30. The van der Waals surface area contributed by atoms with Crippen LogP contribution in [0.1, 0.15) is 82.4 Å². The zero-order chi connectivity index (χ0) is 31.0. The molecule has 234 valence electrons. The molecule has 2 aromatic rings. The zero-order valence-electron chi connectivity index (χ0n) is 24.9. The van der Waals surface area contributed by atoms with Gasteiger partial charge in [0, 0.05) is 27.9 Å². The van der Waals surface area contributed by atoms with E-state index in [1.165, 1.54) is 6.42 Å². The number of benzene rings is 2. The lowest BCUT2D eigenvalue weighted by molar-refractivity contribution is -0.126. The van der Waals surface area contributed by atoms with Crippen LogP contribution in [0.4, 0.5) is 4.79 Å². The first-order valence-electron chi connectivity index (χ1n) is 15.2. The zero-order valence-corrected chi connectivity index (χ0v) is 26.4. The molecule has 1 heterocycles. The molecule has 1 saturated carbocycles. The lowest BCUT2D eigenvalue weighted by Crippen LogP contribution is -2.52. The highest BCUT2D eigenvalue weighted by molar-refractivity contribution is 6.30. The molecule has 1 saturated heterocycles. The van der Waals surface area contributed by atoms with E-state index in [0.717, 1.165) is 31.2 Å². The molecular weight excluding hydrogens is 589 g/mol. The predicted molar refractivity (Wildman–Crippen MR) is 168 cm³/mol. The van der Waals surface area contributed by atoms with E-state index in [1.807, 2.05) is 38.1 Å². The summed E-state index contributed by atoms with van der Waals surface area (Å²) in [5, 5.41) is 19.9. The van der Waals surface area contributed by atoms with Crippen molar-refractivity contribution in [3.63, 3.8) is 0 Å². The van der Waals surface area contributed by atoms with Crippen LogP contribution in [0.5, 0.6) is 0 Å². The number of alkyl carbamates (subject to hydrolysis) is 1. The summed E-state index contributed by atoms with van der Waals surface area (Å²) in [7, 11) is 0. The van der Waals surface area contributed by atoms with Gasteiger partial charge in [0.2, 0.25) is 11.8 Å². The van der Waals surface area contributed by atoms with E-state index in [9.17, 15) is 19.5 Å². The van der Waals surface area contributed by atoms with Gasteiger partial charge in [-0.25, -0.2) is 4.79 Å². The molecule has 1 aliphatic carbocycles. The van der Waals surface area contributed by atoms with Crippen molar-refractivity contribution in [2.75, 3.05) is 6.61 Å². The quantitative estimate of drug-likeness (QED) is 0.225. The number of aliphatic hydroxyl groups is 1. The monoisotopic (exact) mass is 631 g/mol. The van der Waals surface area contributed by atoms with E-state index in [2.05, 4.69) is 16.0 Å². The Bertz CT molecular complexity index is 1270. The first kappa shape index (κ1) is 33.1. The maximum atomic E-state index is 13.6. The number of carbonyl (C=O) groups excluding carboxylic acids is 3. The van der Waals surface area contributed by atoms with Crippen molar-refractivity contribution in [2.24, 2.45) is 11.8 Å².